The zero-order valence-corrected chi connectivity index (χ0v) is 16.8. The van der Waals surface area contributed by atoms with E-state index in [4.69, 9.17) is 4.74 Å². The van der Waals surface area contributed by atoms with Gasteiger partial charge in [0.2, 0.25) is 5.91 Å². The molecule has 2 rings (SSSR count). The zero-order valence-electron chi connectivity index (χ0n) is 11.4. The molecule has 0 aliphatic heterocycles. The van der Waals surface area contributed by atoms with Crippen LogP contribution in [0.15, 0.2) is 45.5 Å². The van der Waals surface area contributed by atoms with E-state index in [-0.39, 0.29) is 5.91 Å². The largest absolute Gasteiger partial charge is 0.495 e. The van der Waals surface area contributed by atoms with Crippen LogP contribution in [0, 0.1) is 3.57 Å². The number of rotatable bonds is 4. The van der Waals surface area contributed by atoms with E-state index in [1.165, 1.54) is 6.08 Å². The summed E-state index contributed by atoms with van der Waals surface area (Å²) in [6.07, 6.45) is 4.82. The van der Waals surface area contributed by atoms with Crippen LogP contribution in [-0.2, 0) is 4.79 Å². The van der Waals surface area contributed by atoms with Gasteiger partial charge in [-0.2, -0.15) is 0 Å². The molecule has 0 atom stereocenters. The van der Waals surface area contributed by atoms with Crippen LogP contribution in [0.4, 0.5) is 5.82 Å². The zero-order chi connectivity index (χ0) is 16.1. The normalized spacial score (nSPS) is 10.7. The fraction of sp³-hybridized carbons (Fsp3) is 0.0667. The average molecular weight is 538 g/mol. The van der Waals surface area contributed by atoms with Crippen molar-refractivity contribution in [2.75, 3.05) is 12.4 Å². The molecule has 2 aromatic rings. The number of hydrogen-bond acceptors (Lipinski definition) is 3. The van der Waals surface area contributed by atoms with Crippen molar-refractivity contribution >= 4 is 72.3 Å². The molecule has 114 valence electrons. The van der Waals surface area contributed by atoms with Gasteiger partial charge in [-0.05, 0) is 68.9 Å². The maximum atomic E-state index is 11.9. The summed E-state index contributed by atoms with van der Waals surface area (Å²) < 4.78 is 8.04. The number of halogens is 3. The van der Waals surface area contributed by atoms with Gasteiger partial charge in [-0.15, -0.1) is 0 Å². The van der Waals surface area contributed by atoms with Crippen LogP contribution >= 0.6 is 54.5 Å². The van der Waals surface area contributed by atoms with E-state index in [0.717, 1.165) is 18.1 Å². The number of nitrogens with one attached hydrogen (secondary N) is 1. The van der Waals surface area contributed by atoms with Gasteiger partial charge in [-0.25, -0.2) is 4.98 Å². The number of ether oxygens (including phenoxy) is 1. The predicted molar refractivity (Wildman–Crippen MR) is 103 cm³/mol. The minimum atomic E-state index is -0.258. The third kappa shape index (κ3) is 4.79. The first-order valence-electron chi connectivity index (χ1n) is 6.13. The molecular formula is C15H11Br2IN2O2. The third-order valence-corrected chi connectivity index (χ3v) is 4.32. The summed E-state index contributed by atoms with van der Waals surface area (Å²) in [5, 5.41) is 2.70. The highest BCUT2D eigenvalue weighted by molar-refractivity contribution is 14.1. The Morgan fingerprint density at radius 2 is 2.14 bits per heavy atom. The minimum Gasteiger partial charge on any atom is -0.495 e. The first-order valence-corrected chi connectivity index (χ1v) is 8.79. The Balaban J connectivity index is 2.14. The molecule has 1 aromatic carbocycles. The van der Waals surface area contributed by atoms with Crippen molar-refractivity contribution < 1.29 is 9.53 Å². The first-order chi connectivity index (χ1) is 10.5. The third-order valence-electron chi connectivity index (χ3n) is 2.63. The number of aromatic nitrogens is 1. The Morgan fingerprint density at radius 1 is 1.36 bits per heavy atom. The van der Waals surface area contributed by atoms with Crippen LogP contribution in [0.5, 0.6) is 5.75 Å². The van der Waals surface area contributed by atoms with Gasteiger partial charge in [0.1, 0.15) is 11.6 Å². The number of nitrogens with zero attached hydrogens (tertiary/aromatic N) is 1. The summed E-state index contributed by atoms with van der Waals surface area (Å²) in [6, 6.07) is 7.38. The summed E-state index contributed by atoms with van der Waals surface area (Å²) in [4.78, 5) is 16.1. The van der Waals surface area contributed by atoms with Gasteiger partial charge < -0.3 is 10.1 Å². The molecule has 4 nitrogen and oxygen atoms in total. The van der Waals surface area contributed by atoms with Gasteiger partial charge in [0.25, 0.3) is 0 Å². The van der Waals surface area contributed by atoms with E-state index in [2.05, 4.69) is 64.8 Å². The van der Waals surface area contributed by atoms with E-state index in [0.29, 0.717) is 11.6 Å². The van der Waals surface area contributed by atoms with Crippen LogP contribution in [-0.4, -0.2) is 18.0 Å². The van der Waals surface area contributed by atoms with E-state index in [9.17, 15) is 4.79 Å². The molecule has 22 heavy (non-hydrogen) atoms. The van der Waals surface area contributed by atoms with Crippen LogP contribution in [0.2, 0.25) is 0 Å². The van der Waals surface area contributed by atoms with Crippen LogP contribution in [0.3, 0.4) is 0 Å². The maximum Gasteiger partial charge on any atom is 0.249 e. The van der Waals surface area contributed by atoms with Crippen molar-refractivity contribution in [2.24, 2.45) is 0 Å². The lowest BCUT2D eigenvalue weighted by atomic mass is 10.2. The van der Waals surface area contributed by atoms with Gasteiger partial charge in [0.15, 0.2) is 0 Å². The van der Waals surface area contributed by atoms with Crippen molar-refractivity contribution in [3.8, 4) is 5.75 Å². The smallest absolute Gasteiger partial charge is 0.249 e. The molecule has 0 bridgehead atoms. The highest BCUT2D eigenvalue weighted by Crippen LogP contribution is 2.33. The number of carbonyl (C=O) groups is 1. The Bertz CT molecular complexity index is 718. The molecule has 0 saturated heterocycles. The van der Waals surface area contributed by atoms with Gasteiger partial charge in [-0.3, -0.25) is 4.79 Å². The molecule has 1 N–H and O–H groups in total. The summed E-state index contributed by atoms with van der Waals surface area (Å²) in [6.45, 7) is 0. The minimum absolute atomic E-state index is 0.258. The number of amides is 1. The molecule has 1 aromatic heterocycles. The lowest BCUT2D eigenvalue weighted by molar-refractivity contribution is -0.111. The maximum absolute atomic E-state index is 11.9. The molecule has 7 heteroatoms. The molecule has 0 aliphatic rings. The van der Waals surface area contributed by atoms with E-state index < -0.39 is 0 Å². The van der Waals surface area contributed by atoms with Crippen molar-refractivity contribution in [1.29, 1.82) is 0 Å². The molecule has 0 saturated carbocycles. The van der Waals surface area contributed by atoms with Crippen molar-refractivity contribution in [3.05, 3.63) is 54.6 Å². The second-order valence-electron chi connectivity index (χ2n) is 4.19. The Kier molecular flexibility index (Phi) is 6.39. The lowest BCUT2D eigenvalue weighted by Crippen LogP contribution is -2.09. The van der Waals surface area contributed by atoms with E-state index in [1.54, 1.807) is 25.4 Å². The number of pyridine rings is 1. The van der Waals surface area contributed by atoms with Crippen LogP contribution < -0.4 is 10.1 Å². The number of methoxy groups -OCH3 is 1. The topological polar surface area (TPSA) is 51.2 Å². The van der Waals surface area contributed by atoms with Crippen molar-refractivity contribution in [3.63, 3.8) is 0 Å². The first kappa shape index (κ1) is 17.4. The van der Waals surface area contributed by atoms with Crippen LogP contribution in [0.1, 0.15) is 5.56 Å². The van der Waals surface area contributed by atoms with Gasteiger partial charge in [-0.1, -0.05) is 15.9 Å². The van der Waals surface area contributed by atoms with Gasteiger partial charge in [0.05, 0.1) is 11.6 Å². The Labute approximate surface area is 158 Å². The number of anilines is 1. The SMILES string of the molecule is COc1c(Br)cc(Br)cc1/C=C/C(=O)Nc1ccc(I)cn1. The monoisotopic (exact) mass is 536 g/mol. The summed E-state index contributed by atoms with van der Waals surface area (Å²) in [5.74, 6) is 0.920. The van der Waals surface area contributed by atoms with Gasteiger partial charge in [0, 0.05) is 25.9 Å². The number of hydrogen-bond donors (Lipinski definition) is 1. The number of carbonyl (C=O) groups excluding carboxylic acids is 1. The quantitative estimate of drug-likeness (QED) is 0.447. The predicted octanol–water partition coefficient (Wildman–Crippen LogP) is 4.87. The fourth-order valence-corrected chi connectivity index (χ4v) is 3.44. The molecule has 0 fully saturated rings. The summed E-state index contributed by atoms with van der Waals surface area (Å²) >= 11 is 9.00. The van der Waals surface area contributed by atoms with Gasteiger partial charge >= 0.3 is 0 Å². The van der Waals surface area contributed by atoms with Crippen molar-refractivity contribution in [2.45, 2.75) is 0 Å². The summed E-state index contributed by atoms with van der Waals surface area (Å²) in [7, 11) is 1.58. The average Bonchev–Trinajstić information content (AvgIpc) is 2.47. The molecule has 0 aliphatic carbocycles. The van der Waals surface area contributed by atoms with Crippen LogP contribution in [0.25, 0.3) is 6.08 Å². The molecular weight excluding hydrogens is 527 g/mol. The highest BCUT2D eigenvalue weighted by Gasteiger charge is 2.07. The Hall–Kier alpha value is -0.930. The Morgan fingerprint density at radius 3 is 2.77 bits per heavy atom. The fourth-order valence-electron chi connectivity index (χ4n) is 1.70. The highest BCUT2D eigenvalue weighted by atomic mass is 127. The molecule has 0 spiro atoms. The molecule has 0 unspecified atom stereocenters. The van der Waals surface area contributed by atoms with E-state index in [1.807, 2.05) is 18.2 Å². The molecule has 0 radical (unpaired) electrons. The van der Waals surface area contributed by atoms with E-state index >= 15 is 0 Å². The van der Waals surface area contributed by atoms with Crippen molar-refractivity contribution in [1.82, 2.24) is 4.98 Å². The molecule has 1 amide bonds. The summed E-state index contributed by atoms with van der Waals surface area (Å²) in [5.41, 5.74) is 0.787. The second kappa shape index (κ2) is 8.07. The standard InChI is InChI=1S/C15H11Br2IN2O2/c1-22-15-9(6-10(16)7-12(15)17)2-5-14(21)20-13-4-3-11(18)8-19-13/h2-8H,1H3,(H,19,20,21)/b5-2+. The number of benzene rings is 1. The molecule has 1 heterocycles. The second-order valence-corrected chi connectivity index (χ2v) is 7.21. The lowest BCUT2D eigenvalue weighted by Gasteiger charge is -2.08.